The summed E-state index contributed by atoms with van der Waals surface area (Å²) < 4.78 is 0. The number of hydrogen-bond acceptors (Lipinski definition) is 2. The van der Waals surface area contributed by atoms with Crippen LogP contribution in [-0.2, 0) is 0 Å². The van der Waals surface area contributed by atoms with Gasteiger partial charge in [-0.25, -0.2) is 0 Å². The molecule has 28 heavy (non-hydrogen) atoms. The lowest BCUT2D eigenvalue weighted by Gasteiger charge is -2.61. The molecule has 10 unspecified atom stereocenters. The van der Waals surface area contributed by atoms with Crippen LogP contribution in [0.15, 0.2) is 0 Å². The smallest absolute Gasteiger partial charge is 0.213 e. The summed E-state index contributed by atoms with van der Waals surface area (Å²) in [5.74, 6) is 7.00. The van der Waals surface area contributed by atoms with Crippen molar-refractivity contribution in [1.29, 1.82) is 0 Å². The second kappa shape index (κ2) is 6.45. The minimum atomic E-state index is -0.265. The lowest BCUT2D eigenvalue weighted by atomic mass is 9.44. The SMILES string of the molecule is CC1CC2C3CCC4CC([N+](=O)[O-])CCC4(C)C3CCC2(C)C1C(C)C1CC1. The average Bonchev–Trinajstić information content (AvgIpc) is 3.44. The van der Waals surface area contributed by atoms with Gasteiger partial charge in [-0.2, -0.15) is 0 Å². The van der Waals surface area contributed by atoms with Crippen molar-refractivity contribution >= 4 is 0 Å². The van der Waals surface area contributed by atoms with Crippen LogP contribution in [0.3, 0.4) is 0 Å². The van der Waals surface area contributed by atoms with Crippen LogP contribution in [0.4, 0.5) is 0 Å². The van der Waals surface area contributed by atoms with Crippen molar-refractivity contribution in [2.75, 3.05) is 0 Å². The first-order chi connectivity index (χ1) is 13.3. The Hall–Kier alpha value is -0.600. The first-order valence-electron chi connectivity index (χ1n) is 12.4. The van der Waals surface area contributed by atoms with Gasteiger partial charge in [0.2, 0.25) is 6.04 Å². The Morgan fingerprint density at radius 1 is 0.929 bits per heavy atom. The quantitative estimate of drug-likeness (QED) is 0.405. The van der Waals surface area contributed by atoms with Gasteiger partial charge in [-0.15, -0.1) is 0 Å². The van der Waals surface area contributed by atoms with Crippen LogP contribution in [0.1, 0.15) is 91.9 Å². The van der Waals surface area contributed by atoms with E-state index in [4.69, 9.17) is 0 Å². The van der Waals surface area contributed by atoms with E-state index in [2.05, 4.69) is 27.7 Å². The molecule has 0 aromatic carbocycles. The molecule has 0 heterocycles. The Labute approximate surface area is 171 Å². The Balaban J connectivity index is 1.39. The van der Waals surface area contributed by atoms with Crippen LogP contribution in [0.5, 0.6) is 0 Å². The molecule has 0 radical (unpaired) electrons. The highest BCUT2D eigenvalue weighted by atomic mass is 16.6. The third kappa shape index (κ3) is 2.66. The Bertz CT molecular complexity index is 644. The van der Waals surface area contributed by atoms with Gasteiger partial charge in [0.05, 0.1) is 0 Å². The van der Waals surface area contributed by atoms with Gasteiger partial charge in [0.15, 0.2) is 0 Å². The molecule has 5 aliphatic rings. The highest BCUT2D eigenvalue weighted by Gasteiger charge is 2.63. The van der Waals surface area contributed by atoms with E-state index in [1.807, 2.05) is 0 Å². The van der Waals surface area contributed by atoms with Gasteiger partial charge < -0.3 is 0 Å². The predicted octanol–water partition coefficient (Wildman–Crippen LogP) is 6.58. The lowest BCUT2D eigenvalue weighted by molar-refractivity contribution is -0.531. The third-order valence-electron chi connectivity index (χ3n) is 11.3. The maximum atomic E-state index is 11.4. The number of nitro groups is 1. The second-order valence-corrected chi connectivity index (χ2v) is 12.4. The van der Waals surface area contributed by atoms with E-state index in [0.29, 0.717) is 16.7 Å². The molecule has 3 nitrogen and oxygen atoms in total. The molecule has 3 heteroatoms. The van der Waals surface area contributed by atoms with E-state index in [-0.39, 0.29) is 11.0 Å². The molecule has 0 aliphatic heterocycles. The molecular formula is C25H41NO2. The van der Waals surface area contributed by atoms with Crippen LogP contribution in [0.2, 0.25) is 0 Å². The third-order valence-corrected chi connectivity index (χ3v) is 11.3. The van der Waals surface area contributed by atoms with Crippen molar-refractivity contribution in [2.24, 2.45) is 58.2 Å². The minimum absolute atomic E-state index is 0.0200. The van der Waals surface area contributed by atoms with Crippen molar-refractivity contribution in [1.82, 2.24) is 0 Å². The molecule has 0 N–H and O–H groups in total. The number of hydrogen-bond donors (Lipinski definition) is 0. The van der Waals surface area contributed by atoms with E-state index in [1.165, 1.54) is 44.9 Å². The first kappa shape index (κ1) is 19.4. The second-order valence-electron chi connectivity index (χ2n) is 12.4. The fourth-order valence-corrected chi connectivity index (χ4v) is 9.86. The van der Waals surface area contributed by atoms with Crippen LogP contribution < -0.4 is 0 Å². The van der Waals surface area contributed by atoms with Crippen LogP contribution in [0.25, 0.3) is 0 Å². The molecule has 0 aromatic rings. The number of nitrogens with zero attached hydrogens (tertiary/aromatic N) is 1. The molecule has 0 amide bonds. The zero-order chi connectivity index (χ0) is 19.8. The van der Waals surface area contributed by atoms with E-state index in [1.54, 1.807) is 0 Å². The maximum absolute atomic E-state index is 11.4. The van der Waals surface area contributed by atoms with Crippen molar-refractivity contribution in [2.45, 2.75) is 97.9 Å². The fraction of sp³-hybridized carbons (Fsp3) is 1.00. The molecule has 5 rings (SSSR count). The molecule has 0 saturated heterocycles. The summed E-state index contributed by atoms with van der Waals surface area (Å²) in [5.41, 5.74) is 0.935. The Morgan fingerprint density at radius 3 is 2.32 bits per heavy atom. The van der Waals surface area contributed by atoms with E-state index >= 15 is 0 Å². The molecular weight excluding hydrogens is 346 g/mol. The van der Waals surface area contributed by atoms with Crippen molar-refractivity contribution in [3.63, 3.8) is 0 Å². The standard InChI is InChI=1S/C25H41NO2/c1-15-13-22-20-8-7-18-14-19(26(27)28)9-11-24(18,3)21(20)10-12-25(22,4)23(15)16(2)17-5-6-17/h15-23H,5-14H2,1-4H3. The summed E-state index contributed by atoms with van der Waals surface area (Å²) in [6.45, 7) is 10.4. The summed E-state index contributed by atoms with van der Waals surface area (Å²) in [7, 11) is 0. The zero-order valence-corrected chi connectivity index (χ0v) is 18.5. The fourth-order valence-electron chi connectivity index (χ4n) is 9.86. The van der Waals surface area contributed by atoms with Crippen LogP contribution in [-0.4, -0.2) is 11.0 Å². The van der Waals surface area contributed by atoms with Gasteiger partial charge in [-0.3, -0.25) is 10.1 Å². The highest BCUT2D eigenvalue weighted by Crippen LogP contribution is 2.70. The number of fused-ring (bicyclic) bond motifs is 5. The van der Waals surface area contributed by atoms with Gasteiger partial charge in [0, 0.05) is 17.8 Å². The Kier molecular flexibility index (Phi) is 4.46. The van der Waals surface area contributed by atoms with E-state index < -0.39 is 0 Å². The average molecular weight is 388 g/mol. The molecule has 5 fully saturated rings. The van der Waals surface area contributed by atoms with Gasteiger partial charge in [0.1, 0.15) is 0 Å². The number of rotatable bonds is 3. The normalized spacial score (nSPS) is 54.4. The molecule has 0 spiro atoms. The summed E-state index contributed by atoms with van der Waals surface area (Å²) >= 11 is 0. The topological polar surface area (TPSA) is 43.1 Å². The van der Waals surface area contributed by atoms with Crippen LogP contribution >= 0.6 is 0 Å². The monoisotopic (exact) mass is 387 g/mol. The van der Waals surface area contributed by atoms with Gasteiger partial charge in [0.25, 0.3) is 0 Å². The molecule has 10 atom stereocenters. The predicted molar refractivity (Wildman–Crippen MR) is 112 cm³/mol. The molecule has 5 aliphatic carbocycles. The largest absolute Gasteiger partial charge is 0.264 e. The van der Waals surface area contributed by atoms with Gasteiger partial charge in [-0.1, -0.05) is 27.7 Å². The Morgan fingerprint density at radius 2 is 1.64 bits per heavy atom. The van der Waals surface area contributed by atoms with E-state index in [0.717, 1.165) is 60.7 Å². The molecule has 5 saturated carbocycles. The van der Waals surface area contributed by atoms with Crippen molar-refractivity contribution < 1.29 is 4.92 Å². The molecule has 0 aromatic heterocycles. The lowest BCUT2D eigenvalue weighted by Crippen LogP contribution is -2.54. The summed E-state index contributed by atoms with van der Waals surface area (Å²) in [4.78, 5) is 11.4. The molecule has 158 valence electrons. The highest BCUT2D eigenvalue weighted by molar-refractivity contribution is 5.11. The van der Waals surface area contributed by atoms with Crippen LogP contribution in [0, 0.1) is 68.3 Å². The maximum Gasteiger partial charge on any atom is 0.213 e. The minimum Gasteiger partial charge on any atom is -0.264 e. The van der Waals surface area contributed by atoms with Gasteiger partial charge in [-0.05, 0) is 110 Å². The van der Waals surface area contributed by atoms with Gasteiger partial charge >= 0.3 is 0 Å². The summed E-state index contributed by atoms with van der Waals surface area (Å²) in [6, 6.07) is -0.265. The van der Waals surface area contributed by atoms with Crippen molar-refractivity contribution in [3.05, 3.63) is 10.1 Å². The summed E-state index contributed by atoms with van der Waals surface area (Å²) in [6.07, 6.45) is 12.6. The summed E-state index contributed by atoms with van der Waals surface area (Å²) in [5, 5.41) is 11.4. The first-order valence-corrected chi connectivity index (χ1v) is 12.4. The van der Waals surface area contributed by atoms with Crippen molar-refractivity contribution in [3.8, 4) is 0 Å². The zero-order valence-electron chi connectivity index (χ0n) is 18.5. The molecule has 0 bridgehead atoms. The van der Waals surface area contributed by atoms with E-state index in [9.17, 15) is 10.1 Å².